The van der Waals surface area contributed by atoms with E-state index >= 15 is 0 Å². The predicted octanol–water partition coefficient (Wildman–Crippen LogP) is 2.56. The van der Waals surface area contributed by atoms with Crippen molar-refractivity contribution >= 4 is 5.97 Å². The van der Waals surface area contributed by atoms with Crippen molar-refractivity contribution in [2.45, 2.75) is 95.2 Å². The van der Waals surface area contributed by atoms with Crippen LogP contribution in [-0.2, 0) is 9.53 Å². The summed E-state index contributed by atoms with van der Waals surface area (Å²) in [4.78, 5) is 10.4. The minimum absolute atomic E-state index is 0.0129. The van der Waals surface area contributed by atoms with Gasteiger partial charge in [-0.25, -0.2) is 0 Å². The molecule has 26 heavy (non-hydrogen) atoms. The van der Waals surface area contributed by atoms with E-state index in [0.29, 0.717) is 25.7 Å². The monoisotopic (exact) mass is 370 g/mol. The van der Waals surface area contributed by atoms with Gasteiger partial charge in [0.15, 0.2) is 0 Å². The molecule has 0 saturated carbocycles. The average molecular weight is 370 g/mol. The molecule has 0 radical (unpaired) electrons. The van der Waals surface area contributed by atoms with Gasteiger partial charge in [-0.1, -0.05) is 44.1 Å². The highest BCUT2D eigenvalue weighted by Gasteiger charge is 2.36. The van der Waals surface area contributed by atoms with Crippen LogP contribution in [0.4, 0.5) is 0 Å². The van der Waals surface area contributed by atoms with E-state index in [-0.39, 0.29) is 12.5 Å². The van der Waals surface area contributed by atoms with Crippen LogP contribution >= 0.6 is 0 Å². The molecule has 0 amide bonds. The van der Waals surface area contributed by atoms with Crippen LogP contribution in [0.3, 0.4) is 0 Å². The number of hydrogen-bond acceptors (Lipinski definition) is 5. The standard InChI is InChI=1S/C20H34O6/c1-2-3-4-5-6-7-10-18-17(23)14-19(26-18)16(22)13-12-15(21)9-8-11-20(24)25/h6-7,12-13,15-19,21-23H,2-5,8-11,14H2,1H3,(H,24,25)/b7-6-,13-12+/t15-,16-,17-,18+,19-/m1/s1. The molecule has 1 saturated heterocycles. The van der Waals surface area contributed by atoms with Crippen LogP contribution in [0, 0.1) is 0 Å². The second-order valence-corrected chi connectivity index (χ2v) is 6.95. The summed E-state index contributed by atoms with van der Waals surface area (Å²) in [7, 11) is 0. The molecule has 0 aliphatic carbocycles. The summed E-state index contributed by atoms with van der Waals surface area (Å²) in [5, 5.41) is 38.6. The number of ether oxygens (including phenoxy) is 1. The van der Waals surface area contributed by atoms with Gasteiger partial charge < -0.3 is 25.2 Å². The van der Waals surface area contributed by atoms with E-state index in [1.54, 1.807) is 0 Å². The van der Waals surface area contributed by atoms with Crippen LogP contribution in [0.5, 0.6) is 0 Å². The number of aliphatic hydroxyl groups is 3. The lowest BCUT2D eigenvalue weighted by Crippen LogP contribution is -2.24. The third-order valence-electron chi connectivity index (χ3n) is 4.56. The molecule has 0 spiro atoms. The number of rotatable bonds is 13. The average Bonchev–Trinajstić information content (AvgIpc) is 2.96. The Morgan fingerprint density at radius 1 is 1.19 bits per heavy atom. The van der Waals surface area contributed by atoms with Gasteiger partial charge in [-0.2, -0.15) is 0 Å². The van der Waals surface area contributed by atoms with Crippen LogP contribution in [-0.4, -0.2) is 56.9 Å². The normalized spacial score (nSPS) is 25.9. The van der Waals surface area contributed by atoms with Gasteiger partial charge >= 0.3 is 5.97 Å². The van der Waals surface area contributed by atoms with E-state index in [9.17, 15) is 20.1 Å². The summed E-state index contributed by atoms with van der Waals surface area (Å²) in [5.74, 6) is -0.889. The molecule has 1 aliphatic rings. The first-order chi connectivity index (χ1) is 12.4. The third-order valence-corrected chi connectivity index (χ3v) is 4.56. The number of carbonyl (C=O) groups is 1. The molecule has 5 atom stereocenters. The Bertz CT molecular complexity index is 448. The number of aliphatic carboxylic acids is 1. The highest BCUT2D eigenvalue weighted by molar-refractivity contribution is 5.66. The highest BCUT2D eigenvalue weighted by Crippen LogP contribution is 2.26. The van der Waals surface area contributed by atoms with Gasteiger partial charge in [0.1, 0.15) is 0 Å². The van der Waals surface area contributed by atoms with Crippen LogP contribution in [0.2, 0.25) is 0 Å². The fourth-order valence-corrected chi connectivity index (χ4v) is 2.98. The number of aliphatic hydroxyl groups excluding tert-OH is 3. The molecule has 1 rings (SSSR count). The number of carboxylic acid groups (broad SMARTS) is 1. The maximum absolute atomic E-state index is 10.4. The van der Waals surface area contributed by atoms with E-state index < -0.39 is 30.4 Å². The van der Waals surface area contributed by atoms with E-state index in [4.69, 9.17) is 9.84 Å². The molecule has 1 aliphatic heterocycles. The number of hydrogen-bond donors (Lipinski definition) is 4. The zero-order valence-electron chi connectivity index (χ0n) is 15.7. The van der Waals surface area contributed by atoms with E-state index in [1.165, 1.54) is 31.4 Å². The molecule has 0 aromatic heterocycles. The summed E-state index contributed by atoms with van der Waals surface area (Å²) < 4.78 is 5.75. The Morgan fingerprint density at radius 3 is 2.65 bits per heavy atom. The first-order valence-electron chi connectivity index (χ1n) is 9.68. The Kier molecular flexibility index (Phi) is 11.4. The van der Waals surface area contributed by atoms with Crippen molar-refractivity contribution in [1.29, 1.82) is 0 Å². The van der Waals surface area contributed by atoms with Gasteiger partial charge in [0.05, 0.1) is 30.5 Å². The summed E-state index contributed by atoms with van der Waals surface area (Å²) in [6.07, 6.45) is 10.3. The summed E-state index contributed by atoms with van der Waals surface area (Å²) in [6.45, 7) is 2.17. The Balaban J connectivity index is 2.31. The van der Waals surface area contributed by atoms with Crippen LogP contribution in [0.25, 0.3) is 0 Å². The highest BCUT2D eigenvalue weighted by atomic mass is 16.5. The maximum Gasteiger partial charge on any atom is 0.303 e. The molecule has 150 valence electrons. The van der Waals surface area contributed by atoms with Gasteiger partial charge in [0.25, 0.3) is 0 Å². The SMILES string of the molecule is CCCCC/C=C\C[C@@H]1O[C@@H]([C@H](O)/C=C/[C@H](O)CCCC(=O)O)C[C@H]1O. The molecule has 6 heteroatoms. The molecule has 6 nitrogen and oxygen atoms in total. The second kappa shape index (κ2) is 13.0. The lowest BCUT2D eigenvalue weighted by Gasteiger charge is -2.16. The summed E-state index contributed by atoms with van der Waals surface area (Å²) in [5.41, 5.74) is 0. The van der Waals surface area contributed by atoms with Gasteiger partial charge in [-0.05, 0) is 32.1 Å². The minimum Gasteiger partial charge on any atom is -0.481 e. The Labute approximate surface area is 156 Å². The smallest absolute Gasteiger partial charge is 0.303 e. The summed E-state index contributed by atoms with van der Waals surface area (Å²) in [6, 6.07) is 0. The van der Waals surface area contributed by atoms with E-state index in [2.05, 4.69) is 13.0 Å². The van der Waals surface area contributed by atoms with Crippen LogP contribution in [0.1, 0.15) is 64.7 Å². The molecule has 0 aromatic carbocycles. The zero-order valence-corrected chi connectivity index (χ0v) is 15.7. The Hall–Kier alpha value is -1.21. The van der Waals surface area contributed by atoms with Gasteiger partial charge in [0.2, 0.25) is 0 Å². The first-order valence-corrected chi connectivity index (χ1v) is 9.68. The second-order valence-electron chi connectivity index (χ2n) is 6.95. The quantitative estimate of drug-likeness (QED) is 0.293. The maximum atomic E-state index is 10.4. The predicted molar refractivity (Wildman–Crippen MR) is 99.8 cm³/mol. The third kappa shape index (κ3) is 9.48. The van der Waals surface area contributed by atoms with Crippen molar-refractivity contribution in [3.05, 3.63) is 24.3 Å². The largest absolute Gasteiger partial charge is 0.481 e. The van der Waals surface area contributed by atoms with Crippen molar-refractivity contribution in [2.75, 3.05) is 0 Å². The fourth-order valence-electron chi connectivity index (χ4n) is 2.98. The number of unbranched alkanes of at least 4 members (excludes halogenated alkanes) is 3. The van der Waals surface area contributed by atoms with Crippen LogP contribution < -0.4 is 0 Å². The molecule has 4 N–H and O–H groups in total. The van der Waals surface area contributed by atoms with Crippen molar-refractivity contribution in [3.8, 4) is 0 Å². The minimum atomic E-state index is -0.905. The van der Waals surface area contributed by atoms with Gasteiger partial charge in [-0.3, -0.25) is 4.79 Å². The lowest BCUT2D eigenvalue weighted by molar-refractivity contribution is -0.137. The first kappa shape index (κ1) is 22.8. The molecule has 1 heterocycles. The molecule has 0 unspecified atom stereocenters. The van der Waals surface area contributed by atoms with Crippen molar-refractivity contribution < 1.29 is 30.0 Å². The van der Waals surface area contributed by atoms with Crippen LogP contribution in [0.15, 0.2) is 24.3 Å². The fraction of sp³-hybridized carbons (Fsp3) is 0.750. The van der Waals surface area contributed by atoms with Gasteiger partial charge in [-0.15, -0.1) is 0 Å². The van der Waals surface area contributed by atoms with E-state index in [1.807, 2.05) is 6.08 Å². The lowest BCUT2D eigenvalue weighted by atomic mass is 10.0. The zero-order chi connectivity index (χ0) is 19.4. The molecular weight excluding hydrogens is 336 g/mol. The summed E-state index contributed by atoms with van der Waals surface area (Å²) >= 11 is 0. The topological polar surface area (TPSA) is 107 Å². The Morgan fingerprint density at radius 2 is 1.96 bits per heavy atom. The number of carboxylic acids is 1. The molecule has 0 bridgehead atoms. The van der Waals surface area contributed by atoms with Gasteiger partial charge in [0, 0.05) is 12.8 Å². The van der Waals surface area contributed by atoms with Crippen molar-refractivity contribution in [3.63, 3.8) is 0 Å². The van der Waals surface area contributed by atoms with Crippen molar-refractivity contribution in [1.82, 2.24) is 0 Å². The number of allylic oxidation sites excluding steroid dienone is 1. The molecule has 0 aromatic rings. The molecule has 1 fully saturated rings. The van der Waals surface area contributed by atoms with Crippen molar-refractivity contribution in [2.24, 2.45) is 0 Å². The van der Waals surface area contributed by atoms with E-state index in [0.717, 1.165) is 6.42 Å². The molecular formula is C20H34O6.